The molecule has 0 spiro atoms. The minimum Gasteiger partial charge on any atom is -0.493 e. The van der Waals surface area contributed by atoms with Gasteiger partial charge in [0.2, 0.25) is 5.75 Å². The summed E-state index contributed by atoms with van der Waals surface area (Å²) >= 11 is 0. The van der Waals surface area contributed by atoms with Crippen molar-refractivity contribution >= 4 is 5.91 Å². The van der Waals surface area contributed by atoms with E-state index in [0.717, 1.165) is 59.0 Å². The quantitative estimate of drug-likeness (QED) is 0.448. The van der Waals surface area contributed by atoms with E-state index in [-0.39, 0.29) is 18.1 Å². The van der Waals surface area contributed by atoms with E-state index in [1.54, 1.807) is 33.5 Å². The predicted molar refractivity (Wildman–Crippen MR) is 138 cm³/mol. The lowest BCUT2D eigenvalue weighted by Crippen LogP contribution is -2.54. The Morgan fingerprint density at radius 2 is 1.51 bits per heavy atom. The largest absolute Gasteiger partial charge is 0.493 e. The van der Waals surface area contributed by atoms with Crippen LogP contribution in [0.25, 0.3) is 0 Å². The lowest BCUT2D eigenvalue weighted by Gasteiger charge is -2.40. The van der Waals surface area contributed by atoms with Crippen LogP contribution in [0, 0.1) is 0 Å². The number of rotatable bonds is 10. The molecule has 1 aromatic carbocycles. The van der Waals surface area contributed by atoms with Crippen molar-refractivity contribution in [2.24, 2.45) is 0 Å². The van der Waals surface area contributed by atoms with Crippen molar-refractivity contribution in [3.8, 4) is 17.2 Å². The third-order valence-electron chi connectivity index (χ3n) is 7.30. The Balaban J connectivity index is 1.23. The standard InChI is InChI=1S/C26H42N4O7/c1-33-23-14-20(15-24(34-2)25(23)35-3)26(32)30-6-4-27(5-7-30)18-22-19-29(10-13-37-22)17-21(31)16-28-8-11-36-12-9-28/h14-15,21-22,31H,4-13,16-19H2,1-3H3. The highest BCUT2D eigenvalue weighted by molar-refractivity contribution is 5.95. The van der Waals surface area contributed by atoms with Gasteiger partial charge in [0.1, 0.15) is 0 Å². The van der Waals surface area contributed by atoms with Gasteiger partial charge in [-0.2, -0.15) is 0 Å². The summed E-state index contributed by atoms with van der Waals surface area (Å²) in [6.07, 6.45) is -0.275. The molecule has 1 amide bonds. The minimum atomic E-state index is -0.374. The molecule has 37 heavy (non-hydrogen) atoms. The first-order chi connectivity index (χ1) is 18.0. The molecule has 0 aromatic heterocycles. The Morgan fingerprint density at radius 3 is 2.14 bits per heavy atom. The molecule has 3 heterocycles. The molecule has 2 unspecified atom stereocenters. The van der Waals surface area contributed by atoms with E-state index in [0.29, 0.717) is 55.6 Å². The number of ether oxygens (including phenoxy) is 5. The van der Waals surface area contributed by atoms with Crippen molar-refractivity contribution in [1.82, 2.24) is 19.6 Å². The summed E-state index contributed by atoms with van der Waals surface area (Å²) in [5, 5.41) is 10.6. The van der Waals surface area contributed by atoms with E-state index >= 15 is 0 Å². The fourth-order valence-electron chi connectivity index (χ4n) is 5.30. The summed E-state index contributed by atoms with van der Waals surface area (Å²) in [6, 6.07) is 3.40. The van der Waals surface area contributed by atoms with E-state index in [2.05, 4.69) is 14.7 Å². The number of methoxy groups -OCH3 is 3. The highest BCUT2D eigenvalue weighted by atomic mass is 16.5. The van der Waals surface area contributed by atoms with Crippen molar-refractivity contribution in [3.05, 3.63) is 17.7 Å². The maximum absolute atomic E-state index is 13.2. The number of carbonyl (C=O) groups excluding carboxylic acids is 1. The van der Waals surface area contributed by atoms with E-state index in [9.17, 15) is 9.90 Å². The van der Waals surface area contributed by atoms with Crippen LogP contribution in [0.15, 0.2) is 12.1 Å². The van der Waals surface area contributed by atoms with Crippen LogP contribution in [0.1, 0.15) is 10.4 Å². The van der Waals surface area contributed by atoms with Gasteiger partial charge < -0.3 is 33.7 Å². The van der Waals surface area contributed by atoms with Gasteiger partial charge in [-0.05, 0) is 12.1 Å². The minimum absolute atomic E-state index is 0.0479. The van der Waals surface area contributed by atoms with Crippen LogP contribution >= 0.6 is 0 Å². The van der Waals surface area contributed by atoms with Crippen LogP contribution in [0.5, 0.6) is 17.2 Å². The van der Waals surface area contributed by atoms with E-state index in [4.69, 9.17) is 23.7 Å². The molecule has 11 heteroatoms. The molecule has 0 radical (unpaired) electrons. The predicted octanol–water partition coefficient (Wildman–Crippen LogP) is -0.136. The molecule has 0 bridgehead atoms. The van der Waals surface area contributed by atoms with E-state index < -0.39 is 0 Å². The van der Waals surface area contributed by atoms with Gasteiger partial charge >= 0.3 is 0 Å². The van der Waals surface area contributed by atoms with Crippen molar-refractivity contribution in [2.45, 2.75) is 12.2 Å². The van der Waals surface area contributed by atoms with Crippen LogP contribution in [0.4, 0.5) is 0 Å². The number of piperazine rings is 1. The molecule has 3 saturated heterocycles. The van der Waals surface area contributed by atoms with Crippen LogP contribution < -0.4 is 14.2 Å². The highest BCUT2D eigenvalue weighted by Crippen LogP contribution is 2.38. The number of β-amino-alcohol motifs (C(OH)–C–C–N with tert-alkyl or cyclic N) is 1. The molecule has 11 nitrogen and oxygen atoms in total. The van der Waals surface area contributed by atoms with Gasteiger partial charge in [0.15, 0.2) is 11.5 Å². The van der Waals surface area contributed by atoms with Crippen LogP contribution in [-0.2, 0) is 9.47 Å². The lowest BCUT2D eigenvalue weighted by atomic mass is 10.1. The number of aliphatic hydroxyl groups excluding tert-OH is 1. The number of hydrogen-bond donors (Lipinski definition) is 1. The molecular weight excluding hydrogens is 480 g/mol. The monoisotopic (exact) mass is 522 g/mol. The second-order valence-electron chi connectivity index (χ2n) is 9.83. The molecular formula is C26H42N4O7. The molecule has 1 aromatic rings. The smallest absolute Gasteiger partial charge is 0.254 e. The van der Waals surface area contributed by atoms with E-state index in [1.165, 1.54) is 0 Å². The average molecular weight is 523 g/mol. The highest BCUT2D eigenvalue weighted by Gasteiger charge is 2.29. The van der Waals surface area contributed by atoms with Gasteiger partial charge in [-0.1, -0.05) is 0 Å². The number of nitrogens with zero attached hydrogens (tertiary/aromatic N) is 4. The van der Waals surface area contributed by atoms with Gasteiger partial charge in [0, 0.05) is 77.6 Å². The number of benzene rings is 1. The Labute approximate surface area is 219 Å². The first-order valence-electron chi connectivity index (χ1n) is 13.1. The van der Waals surface area contributed by atoms with E-state index in [1.807, 2.05) is 4.90 Å². The summed E-state index contributed by atoms with van der Waals surface area (Å²) in [7, 11) is 4.64. The topological polar surface area (TPSA) is 96.4 Å². The molecule has 3 aliphatic rings. The summed E-state index contributed by atoms with van der Waals surface area (Å²) < 4.78 is 27.6. The van der Waals surface area contributed by atoms with Gasteiger partial charge in [0.25, 0.3) is 5.91 Å². The summed E-state index contributed by atoms with van der Waals surface area (Å²) in [4.78, 5) is 22.0. The third-order valence-corrected chi connectivity index (χ3v) is 7.30. The van der Waals surface area contributed by atoms with Gasteiger partial charge in [0.05, 0.1) is 53.4 Å². The zero-order chi connectivity index (χ0) is 26.2. The molecule has 4 rings (SSSR count). The zero-order valence-electron chi connectivity index (χ0n) is 22.4. The van der Waals surface area contributed by atoms with Crippen molar-refractivity contribution < 1.29 is 33.6 Å². The lowest BCUT2D eigenvalue weighted by molar-refractivity contribution is -0.0605. The van der Waals surface area contributed by atoms with Crippen molar-refractivity contribution in [3.63, 3.8) is 0 Å². The number of amides is 1. The number of hydrogen-bond acceptors (Lipinski definition) is 10. The molecule has 3 aliphatic heterocycles. The number of aliphatic hydroxyl groups is 1. The second kappa shape index (κ2) is 13.6. The third kappa shape index (κ3) is 7.46. The summed E-state index contributed by atoms with van der Waals surface area (Å²) in [6.45, 7) is 10.6. The summed E-state index contributed by atoms with van der Waals surface area (Å²) in [5.74, 6) is 1.37. The first kappa shape index (κ1) is 27.9. The van der Waals surface area contributed by atoms with Crippen molar-refractivity contribution in [1.29, 1.82) is 0 Å². The average Bonchev–Trinajstić information content (AvgIpc) is 2.93. The Kier molecular flexibility index (Phi) is 10.2. The van der Waals surface area contributed by atoms with Gasteiger partial charge in [-0.25, -0.2) is 0 Å². The normalized spacial score (nSPS) is 23.0. The number of carbonyl (C=O) groups is 1. The number of morpholine rings is 2. The SMILES string of the molecule is COc1cc(C(=O)N2CCN(CC3CN(CC(O)CN4CCOCC4)CCO3)CC2)cc(OC)c1OC. The van der Waals surface area contributed by atoms with Gasteiger partial charge in [-0.15, -0.1) is 0 Å². The molecule has 0 saturated carbocycles. The Morgan fingerprint density at radius 1 is 0.892 bits per heavy atom. The van der Waals surface area contributed by atoms with Crippen LogP contribution in [-0.4, -0.2) is 156 Å². The Hall–Kier alpha value is -2.15. The zero-order valence-corrected chi connectivity index (χ0v) is 22.4. The van der Waals surface area contributed by atoms with Crippen LogP contribution in [0.3, 0.4) is 0 Å². The molecule has 208 valence electrons. The first-order valence-corrected chi connectivity index (χ1v) is 13.1. The maximum atomic E-state index is 13.2. The molecule has 2 atom stereocenters. The van der Waals surface area contributed by atoms with Gasteiger partial charge in [-0.3, -0.25) is 19.5 Å². The second-order valence-corrected chi connectivity index (χ2v) is 9.83. The Bertz CT molecular complexity index is 849. The maximum Gasteiger partial charge on any atom is 0.254 e. The summed E-state index contributed by atoms with van der Waals surface area (Å²) in [5.41, 5.74) is 0.518. The fraction of sp³-hybridized carbons (Fsp3) is 0.731. The molecule has 1 N–H and O–H groups in total. The molecule has 0 aliphatic carbocycles. The molecule has 3 fully saturated rings. The van der Waals surface area contributed by atoms with Crippen molar-refractivity contribution in [2.75, 3.05) is 113 Å². The van der Waals surface area contributed by atoms with Crippen LogP contribution in [0.2, 0.25) is 0 Å². The fourth-order valence-corrected chi connectivity index (χ4v) is 5.30.